The van der Waals surface area contributed by atoms with Crippen LogP contribution in [0, 0.1) is 11.8 Å². The van der Waals surface area contributed by atoms with Crippen LogP contribution in [0.5, 0.6) is 0 Å². The molecule has 4 atom stereocenters. The molecule has 128 valence electrons. The summed E-state index contributed by atoms with van der Waals surface area (Å²) in [5, 5.41) is 0. The summed E-state index contributed by atoms with van der Waals surface area (Å²) in [7, 11) is 0. The molecule has 1 fully saturated rings. The average Bonchev–Trinajstić information content (AvgIpc) is 2.49. The van der Waals surface area contributed by atoms with E-state index in [9.17, 15) is 9.59 Å². The predicted octanol–water partition coefficient (Wildman–Crippen LogP) is 3.48. The van der Waals surface area contributed by atoms with Crippen molar-refractivity contribution in [1.29, 1.82) is 0 Å². The zero-order valence-electron chi connectivity index (χ0n) is 14.8. The van der Waals surface area contributed by atoms with Gasteiger partial charge in [0, 0.05) is 17.9 Å². The van der Waals surface area contributed by atoms with Crippen LogP contribution in [0.25, 0.3) is 0 Å². The second-order valence-electron chi connectivity index (χ2n) is 6.94. The summed E-state index contributed by atoms with van der Waals surface area (Å²) in [5.41, 5.74) is 6.26. The van der Waals surface area contributed by atoms with Crippen LogP contribution < -0.4 is 5.73 Å². The number of hydrogen-bond donors (Lipinski definition) is 1. The zero-order valence-corrected chi connectivity index (χ0v) is 14.8. The van der Waals surface area contributed by atoms with Crippen molar-refractivity contribution in [3.63, 3.8) is 0 Å². The third-order valence-electron chi connectivity index (χ3n) is 4.87. The van der Waals surface area contributed by atoms with E-state index in [4.69, 9.17) is 5.73 Å². The summed E-state index contributed by atoms with van der Waals surface area (Å²) in [6, 6.07) is -0.170. The molecule has 1 saturated carbocycles. The first kappa shape index (κ1) is 19.1. The van der Waals surface area contributed by atoms with Crippen molar-refractivity contribution in [2.75, 3.05) is 0 Å². The van der Waals surface area contributed by atoms with Gasteiger partial charge in [0.05, 0.1) is 6.04 Å². The van der Waals surface area contributed by atoms with E-state index in [1.807, 2.05) is 13.8 Å². The number of nitrogens with zero attached hydrogens (tertiary/aromatic N) is 1. The van der Waals surface area contributed by atoms with Gasteiger partial charge in [-0.05, 0) is 25.7 Å². The van der Waals surface area contributed by atoms with Crippen LogP contribution in [0.15, 0.2) is 0 Å². The quantitative estimate of drug-likeness (QED) is 0.783. The first-order chi connectivity index (χ1) is 10.4. The highest BCUT2D eigenvalue weighted by molar-refractivity contribution is 5.97. The molecule has 0 aromatic rings. The van der Waals surface area contributed by atoms with Gasteiger partial charge < -0.3 is 5.73 Å². The topological polar surface area (TPSA) is 63.4 Å². The van der Waals surface area contributed by atoms with Gasteiger partial charge in [0.15, 0.2) is 0 Å². The minimum absolute atomic E-state index is 0.0165. The van der Waals surface area contributed by atoms with Crippen molar-refractivity contribution < 1.29 is 9.59 Å². The van der Waals surface area contributed by atoms with E-state index in [1.165, 1.54) is 0 Å². The summed E-state index contributed by atoms with van der Waals surface area (Å²) >= 11 is 0. The molecule has 1 aliphatic carbocycles. The number of rotatable bonds is 7. The van der Waals surface area contributed by atoms with Crippen molar-refractivity contribution in [3.8, 4) is 0 Å². The summed E-state index contributed by atoms with van der Waals surface area (Å²) in [6.45, 7) is 8.01. The van der Waals surface area contributed by atoms with Gasteiger partial charge in [-0.25, -0.2) is 0 Å². The van der Waals surface area contributed by atoms with Crippen molar-refractivity contribution in [2.24, 2.45) is 17.6 Å². The molecule has 0 aromatic carbocycles. The Morgan fingerprint density at radius 3 is 1.86 bits per heavy atom. The van der Waals surface area contributed by atoms with E-state index in [0.29, 0.717) is 0 Å². The number of nitrogens with two attached hydrogens (primary N) is 1. The van der Waals surface area contributed by atoms with Gasteiger partial charge in [-0.1, -0.05) is 53.4 Å². The largest absolute Gasteiger partial charge is 0.326 e. The lowest BCUT2D eigenvalue weighted by Crippen LogP contribution is -2.56. The maximum Gasteiger partial charge on any atom is 0.232 e. The molecule has 4 nitrogen and oxygen atoms in total. The highest BCUT2D eigenvalue weighted by Gasteiger charge is 2.38. The Kier molecular flexibility index (Phi) is 8.08. The molecule has 4 unspecified atom stereocenters. The van der Waals surface area contributed by atoms with Crippen LogP contribution >= 0.6 is 0 Å². The maximum absolute atomic E-state index is 12.9. The SMILES string of the molecule is CCCC(C)C(=O)N(C(=O)C(C)CCC)C1CCCCC1N. The van der Waals surface area contributed by atoms with Crippen molar-refractivity contribution in [3.05, 3.63) is 0 Å². The number of carbonyl (C=O) groups excluding carboxylic acids is 2. The molecule has 1 aliphatic rings. The molecule has 2 amide bonds. The van der Waals surface area contributed by atoms with Crippen molar-refractivity contribution in [2.45, 2.75) is 91.1 Å². The summed E-state index contributed by atoms with van der Waals surface area (Å²) in [5.74, 6) is -0.233. The lowest BCUT2D eigenvalue weighted by Gasteiger charge is -2.39. The Balaban J connectivity index is 2.98. The normalized spacial score (nSPS) is 24.6. The van der Waals surface area contributed by atoms with E-state index >= 15 is 0 Å². The Labute approximate surface area is 135 Å². The molecule has 0 spiro atoms. The van der Waals surface area contributed by atoms with Gasteiger partial charge in [0.1, 0.15) is 0 Å². The monoisotopic (exact) mass is 310 g/mol. The predicted molar refractivity (Wildman–Crippen MR) is 90.2 cm³/mol. The Bertz CT molecular complexity index is 346. The van der Waals surface area contributed by atoms with Gasteiger partial charge >= 0.3 is 0 Å². The van der Waals surface area contributed by atoms with Gasteiger partial charge in [0.2, 0.25) is 11.8 Å². The molecule has 0 saturated heterocycles. The smallest absolute Gasteiger partial charge is 0.232 e. The van der Waals surface area contributed by atoms with E-state index < -0.39 is 0 Å². The average molecular weight is 310 g/mol. The molecule has 1 rings (SSSR count). The fourth-order valence-corrected chi connectivity index (χ4v) is 3.48. The third-order valence-corrected chi connectivity index (χ3v) is 4.87. The highest BCUT2D eigenvalue weighted by Crippen LogP contribution is 2.26. The summed E-state index contributed by atoms with van der Waals surface area (Å²) < 4.78 is 0. The number of amides is 2. The van der Waals surface area contributed by atoms with E-state index in [1.54, 1.807) is 4.90 Å². The van der Waals surface area contributed by atoms with Gasteiger partial charge in [-0.3, -0.25) is 14.5 Å². The first-order valence-corrected chi connectivity index (χ1v) is 9.06. The standard InChI is InChI=1S/C18H34N2O2/c1-5-9-13(3)17(21)20(18(22)14(4)10-6-2)16-12-8-7-11-15(16)19/h13-16H,5-12,19H2,1-4H3. The van der Waals surface area contributed by atoms with Crippen molar-refractivity contribution in [1.82, 2.24) is 4.90 Å². The second kappa shape index (κ2) is 9.29. The van der Waals surface area contributed by atoms with Crippen LogP contribution in [-0.4, -0.2) is 28.8 Å². The second-order valence-corrected chi connectivity index (χ2v) is 6.94. The number of carbonyl (C=O) groups is 2. The van der Waals surface area contributed by atoms with E-state index in [0.717, 1.165) is 51.4 Å². The fourth-order valence-electron chi connectivity index (χ4n) is 3.48. The van der Waals surface area contributed by atoms with Gasteiger partial charge in [0.25, 0.3) is 0 Å². The highest BCUT2D eigenvalue weighted by atomic mass is 16.2. The van der Waals surface area contributed by atoms with Crippen LogP contribution in [0.3, 0.4) is 0 Å². The molecule has 0 aliphatic heterocycles. The van der Waals surface area contributed by atoms with Gasteiger partial charge in [-0.2, -0.15) is 0 Å². The lowest BCUT2D eigenvalue weighted by atomic mass is 9.87. The fraction of sp³-hybridized carbons (Fsp3) is 0.889. The van der Waals surface area contributed by atoms with E-state index in [-0.39, 0.29) is 35.7 Å². The van der Waals surface area contributed by atoms with Crippen LogP contribution in [0.1, 0.15) is 79.1 Å². The summed E-state index contributed by atoms with van der Waals surface area (Å²) in [6.07, 6.45) is 7.48. The Morgan fingerprint density at radius 2 is 1.45 bits per heavy atom. The van der Waals surface area contributed by atoms with Gasteiger partial charge in [-0.15, -0.1) is 0 Å². The minimum atomic E-state index is -0.104. The molecule has 4 heteroatoms. The molecule has 0 radical (unpaired) electrons. The van der Waals surface area contributed by atoms with Crippen molar-refractivity contribution >= 4 is 11.8 Å². The first-order valence-electron chi connectivity index (χ1n) is 9.06. The molecule has 2 N–H and O–H groups in total. The molecule has 0 bridgehead atoms. The number of hydrogen-bond acceptors (Lipinski definition) is 3. The van der Waals surface area contributed by atoms with E-state index in [2.05, 4.69) is 13.8 Å². The molecular formula is C18H34N2O2. The zero-order chi connectivity index (χ0) is 16.7. The molecule has 0 heterocycles. The minimum Gasteiger partial charge on any atom is -0.326 e. The Hall–Kier alpha value is -0.900. The maximum atomic E-state index is 12.9. The lowest BCUT2D eigenvalue weighted by molar-refractivity contribution is -0.154. The molecule has 22 heavy (non-hydrogen) atoms. The number of imide groups is 1. The molecular weight excluding hydrogens is 276 g/mol. The summed E-state index contributed by atoms with van der Waals surface area (Å²) in [4.78, 5) is 27.3. The third kappa shape index (κ3) is 4.80. The van der Waals surface area contributed by atoms with Crippen LogP contribution in [0.4, 0.5) is 0 Å². The molecule has 0 aromatic heterocycles. The Morgan fingerprint density at radius 1 is 1.00 bits per heavy atom. The van der Waals surface area contributed by atoms with Crippen LogP contribution in [0.2, 0.25) is 0 Å². The van der Waals surface area contributed by atoms with Crippen LogP contribution in [-0.2, 0) is 9.59 Å².